The Labute approximate surface area is 187 Å². The van der Waals surface area contributed by atoms with Crippen LogP contribution in [0.25, 0.3) is 16.6 Å². The Balaban J connectivity index is 2.13. The second-order valence-electron chi connectivity index (χ2n) is 10.3. The number of benzene rings is 2. The van der Waals surface area contributed by atoms with Crippen LogP contribution in [0.2, 0.25) is 0 Å². The summed E-state index contributed by atoms with van der Waals surface area (Å²) in [6, 6.07) is 11.6. The molecule has 0 amide bonds. The fraction of sp³-hybridized carbons (Fsp3) is 0.423. The number of halogens is 1. The molecule has 0 spiro atoms. The van der Waals surface area contributed by atoms with E-state index in [2.05, 4.69) is 18.4 Å². The highest BCUT2D eigenvalue weighted by Crippen LogP contribution is 2.52. The fourth-order valence-electron chi connectivity index (χ4n) is 5.12. The number of aliphatic carboxylic acids is 1. The minimum absolute atomic E-state index is 0.111. The van der Waals surface area contributed by atoms with Gasteiger partial charge in [-0.3, -0.25) is 4.79 Å². The topological polar surface area (TPSA) is 71.7 Å². The molecule has 1 unspecified atom stereocenters. The van der Waals surface area contributed by atoms with Gasteiger partial charge in [-0.2, -0.15) is 0 Å². The second-order valence-corrected chi connectivity index (χ2v) is 10.3. The van der Waals surface area contributed by atoms with Crippen molar-refractivity contribution < 1.29 is 24.1 Å². The van der Waals surface area contributed by atoms with Gasteiger partial charge in [0.05, 0.1) is 16.5 Å². The van der Waals surface area contributed by atoms with Gasteiger partial charge in [-0.25, -0.2) is 4.39 Å². The average molecular weight is 440 g/mol. The number of phenolic OH excluding ortho intramolecular Hbond substituents is 1. The van der Waals surface area contributed by atoms with Crippen molar-refractivity contribution in [1.29, 1.82) is 0 Å². The summed E-state index contributed by atoms with van der Waals surface area (Å²) >= 11 is 0. The zero-order chi connectivity index (χ0) is 23.5. The summed E-state index contributed by atoms with van der Waals surface area (Å²) in [6.07, 6.45) is 0.941. The SMILES string of the molecule is CC(C)(CC1(C)OCCC(C)(C)c2c1c1c(O)cccc1n2-c1ccc(F)cc1)C(=O)O. The van der Waals surface area contributed by atoms with Crippen LogP contribution in [-0.4, -0.2) is 27.4 Å². The summed E-state index contributed by atoms with van der Waals surface area (Å²) in [5.41, 5.74) is 0.953. The van der Waals surface area contributed by atoms with Crippen LogP contribution >= 0.6 is 0 Å². The Morgan fingerprint density at radius 2 is 1.81 bits per heavy atom. The minimum atomic E-state index is -1.05. The number of ether oxygens (including phenoxy) is 1. The maximum Gasteiger partial charge on any atom is 0.309 e. The summed E-state index contributed by atoms with van der Waals surface area (Å²) < 4.78 is 22.2. The monoisotopic (exact) mass is 439 g/mol. The van der Waals surface area contributed by atoms with Crippen molar-refractivity contribution in [2.24, 2.45) is 5.41 Å². The van der Waals surface area contributed by atoms with Crippen LogP contribution in [0.15, 0.2) is 42.5 Å². The number of hydrogen-bond donors (Lipinski definition) is 2. The van der Waals surface area contributed by atoms with Crippen LogP contribution in [0.4, 0.5) is 4.39 Å². The van der Waals surface area contributed by atoms with E-state index in [0.29, 0.717) is 18.4 Å². The van der Waals surface area contributed by atoms with Crippen molar-refractivity contribution in [1.82, 2.24) is 4.57 Å². The Hall–Kier alpha value is -2.86. The quantitative estimate of drug-likeness (QED) is 0.532. The van der Waals surface area contributed by atoms with Gasteiger partial charge in [0.15, 0.2) is 0 Å². The molecule has 170 valence electrons. The molecule has 2 heterocycles. The minimum Gasteiger partial charge on any atom is -0.507 e. The molecule has 0 saturated carbocycles. The molecule has 2 aromatic carbocycles. The number of fused-ring (bicyclic) bond motifs is 3. The van der Waals surface area contributed by atoms with Crippen LogP contribution in [0, 0.1) is 11.2 Å². The lowest BCUT2D eigenvalue weighted by Gasteiger charge is -2.36. The third kappa shape index (κ3) is 3.47. The number of carbonyl (C=O) groups is 1. The molecule has 6 heteroatoms. The van der Waals surface area contributed by atoms with Crippen molar-refractivity contribution in [2.75, 3.05) is 6.61 Å². The molecule has 3 aromatic rings. The van der Waals surface area contributed by atoms with Crippen molar-refractivity contribution >= 4 is 16.9 Å². The Kier molecular flexibility index (Phi) is 5.12. The number of rotatable bonds is 4. The van der Waals surface area contributed by atoms with E-state index in [-0.39, 0.29) is 23.4 Å². The van der Waals surface area contributed by atoms with Gasteiger partial charge in [0.25, 0.3) is 0 Å². The number of carboxylic acids is 1. The van der Waals surface area contributed by atoms with Crippen molar-refractivity contribution in [3.63, 3.8) is 0 Å². The van der Waals surface area contributed by atoms with Crippen LogP contribution in [0.5, 0.6) is 5.75 Å². The Morgan fingerprint density at radius 1 is 1.16 bits per heavy atom. The van der Waals surface area contributed by atoms with E-state index in [0.717, 1.165) is 22.5 Å². The second kappa shape index (κ2) is 7.34. The van der Waals surface area contributed by atoms with Crippen molar-refractivity contribution in [3.05, 3.63) is 59.5 Å². The van der Waals surface area contributed by atoms with Crippen LogP contribution in [0.3, 0.4) is 0 Å². The first-order valence-corrected chi connectivity index (χ1v) is 10.9. The molecule has 1 atom stereocenters. The van der Waals surface area contributed by atoms with Gasteiger partial charge in [-0.05, 0) is 70.0 Å². The first-order valence-electron chi connectivity index (χ1n) is 10.9. The molecule has 0 radical (unpaired) electrons. The number of aromatic hydroxyl groups is 1. The number of hydrogen-bond acceptors (Lipinski definition) is 3. The van der Waals surface area contributed by atoms with E-state index in [1.54, 1.807) is 38.1 Å². The van der Waals surface area contributed by atoms with Crippen LogP contribution < -0.4 is 0 Å². The third-order valence-corrected chi connectivity index (χ3v) is 6.73. The van der Waals surface area contributed by atoms with Crippen LogP contribution in [0.1, 0.15) is 58.7 Å². The average Bonchev–Trinajstić information content (AvgIpc) is 3.02. The molecular formula is C26H30FNO4. The van der Waals surface area contributed by atoms with Gasteiger partial charge >= 0.3 is 5.97 Å². The van der Waals surface area contributed by atoms with E-state index >= 15 is 0 Å². The predicted octanol–water partition coefficient (Wildman–Crippen LogP) is 5.89. The summed E-state index contributed by atoms with van der Waals surface area (Å²) in [5, 5.41) is 21.5. The normalized spacial score (nSPS) is 20.7. The van der Waals surface area contributed by atoms with E-state index < -0.39 is 17.0 Å². The lowest BCUT2D eigenvalue weighted by Crippen LogP contribution is -2.37. The molecular weight excluding hydrogens is 409 g/mol. The highest BCUT2D eigenvalue weighted by molar-refractivity contribution is 5.94. The largest absolute Gasteiger partial charge is 0.507 e. The highest BCUT2D eigenvalue weighted by atomic mass is 19.1. The predicted molar refractivity (Wildman–Crippen MR) is 122 cm³/mol. The molecule has 1 aliphatic rings. The molecule has 5 nitrogen and oxygen atoms in total. The van der Waals surface area contributed by atoms with E-state index in [4.69, 9.17) is 4.74 Å². The third-order valence-electron chi connectivity index (χ3n) is 6.73. The Bertz CT molecular complexity index is 1190. The van der Waals surface area contributed by atoms with E-state index in [9.17, 15) is 19.4 Å². The lowest BCUT2D eigenvalue weighted by molar-refractivity contribution is -0.152. The van der Waals surface area contributed by atoms with Crippen molar-refractivity contribution in [3.8, 4) is 11.4 Å². The maximum atomic E-state index is 13.7. The number of aromatic nitrogens is 1. The molecule has 4 rings (SSSR count). The molecule has 32 heavy (non-hydrogen) atoms. The zero-order valence-electron chi connectivity index (χ0n) is 19.2. The van der Waals surface area contributed by atoms with Crippen LogP contribution in [-0.2, 0) is 20.5 Å². The standard InChI is InChI=1S/C26H30FNO4/c1-24(2)13-14-32-26(5,15-25(3,4)23(30)31)21-20-18(7-6-8-19(20)29)28(22(21)24)17-11-9-16(27)10-12-17/h6-12,29H,13-15H2,1-5H3,(H,30,31). The number of phenols is 1. The van der Waals surface area contributed by atoms with Gasteiger partial charge in [0.1, 0.15) is 11.6 Å². The zero-order valence-corrected chi connectivity index (χ0v) is 19.2. The molecule has 0 fully saturated rings. The van der Waals surface area contributed by atoms with Gasteiger partial charge in [-0.15, -0.1) is 0 Å². The van der Waals surface area contributed by atoms with Gasteiger partial charge < -0.3 is 19.5 Å². The molecule has 2 N–H and O–H groups in total. The van der Waals surface area contributed by atoms with Crippen molar-refractivity contribution in [2.45, 2.75) is 58.5 Å². The fourth-order valence-corrected chi connectivity index (χ4v) is 5.12. The molecule has 1 aliphatic heterocycles. The van der Waals surface area contributed by atoms with Gasteiger partial charge in [0.2, 0.25) is 0 Å². The summed E-state index contributed by atoms with van der Waals surface area (Å²) in [7, 11) is 0. The first-order chi connectivity index (χ1) is 14.9. The molecule has 0 saturated heterocycles. The highest BCUT2D eigenvalue weighted by Gasteiger charge is 2.47. The van der Waals surface area contributed by atoms with E-state index in [1.807, 2.05) is 13.0 Å². The summed E-state index contributed by atoms with van der Waals surface area (Å²) in [5.74, 6) is -1.12. The molecule has 0 bridgehead atoms. The van der Waals surface area contributed by atoms with Gasteiger partial charge in [-0.1, -0.05) is 19.9 Å². The number of nitrogens with zero attached hydrogens (tertiary/aromatic N) is 1. The molecule has 1 aromatic heterocycles. The Morgan fingerprint density at radius 3 is 2.44 bits per heavy atom. The van der Waals surface area contributed by atoms with E-state index in [1.165, 1.54) is 12.1 Å². The molecule has 0 aliphatic carbocycles. The lowest BCUT2D eigenvalue weighted by atomic mass is 9.74. The maximum absolute atomic E-state index is 13.7. The van der Waals surface area contributed by atoms with Gasteiger partial charge in [0, 0.05) is 34.4 Å². The first kappa shape index (κ1) is 22.3. The summed E-state index contributed by atoms with van der Waals surface area (Å²) in [4.78, 5) is 12.0. The number of carboxylic acid groups (broad SMARTS) is 1. The smallest absolute Gasteiger partial charge is 0.309 e. The summed E-state index contributed by atoms with van der Waals surface area (Å²) in [6.45, 7) is 10.0.